The van der Waals surface area contributed by atoms with Crippen LogP contribution in [-0.4, -0.2) is 93.6 Å². The van der Waals surface area contributed by atoms with Gasteiger partial charge in [-0.05, 0) is 88.2 Å². The van der Waals surface area contributed by atoms with Crippen molar-refractivity contribution < 1.29 is 9.59 Å². The largest absolute Gasteiger partial charge is 0.354 e. The lowest BCUT2D eigenvalue weighted by atomic mass is 9.61. The number of amides is 3. The van der Waals surface area contributed by atoms with Gasteiger partial charge in [-0.1, -0.05) is 12.1 Å². The summed E-state index contributed by atoms with van der Waals surface area (Å²) in [6.07, 6.45) is 7.50. The van der Waals surface area contributed by atoms with Gasteiger partial charge in [0.05, 0.1) is 11.2 Å². The molecule has 3 heterocycles. The van der Waals surface area contributed by atoms with Crippen molar-refractivity contribution in [3.8, 4) is 5.69 Å². The summed E-state index contributed by atoms with van der Waals surface area (Å²) in [5.41, 5.74) is 13.0. The van der Waals surface area contributed by atoms with Gasteiger partial charge in [-0.3, -0.25) is 14.7 Å². The van der Waals surface area contributed by atoms with E-state index in [4.69, 9.17) is 11.5 Å². The van der Waals surface area contributed by atoms with Crippen LogP contribution in [0.25, 0.3) is 5.69 Å². The maximum Gasteiger partial charge on any atom is 0.354 e. The van der Waals surface area contributed by atoms with Gasteiger partial charge in [-0.25, -0.2) is 9.59 Å². The highest BCUT2D eigenvalue weighted by molar-refractivity contribution is 5.89. The number of halogens is 1. The number of hydrogen-bond donors (Lipinski definition) is 3. The number of nitrogens with one attached hydrogen (secondary N) is 1. The Hall–Kier alpha value is -2.99. The van der Waals surface area contributed by atoms with Crippen molar-refractivity contribution >= 4 is 30.2 Å². The Morgan fingerprint density at radius 3 is 2.17 bits per heavy atom. The standard InChI is InChI=1S/C29H42N8O3.ClH/c1-28(2,31)25(38)35-15-17-36(18-16-35)26(39)32-24-8-12-37(27(40)33-24)23-5-3-21(4-6-23)7-11-34-13-9-29(10-14-34)19-22(30)20-29;/h3-6,8,12,22H,7,9-11,13-20,30-31H2,1-2H3,(H,32,33,39,40);1H. The van der Waals surface area contributed by atoms with E-state index in [1.54, 1.807) is 35.9 Å². The van der Waals surface area contributed by atoms with E-state index in [9.17, 15) is 14.4 Å². The summed E-state index contributed by atoms with van der Waals surface area (Å²) < 4.78 is 1.46. The monoisotopic (exact) mass is 586 g/mol. The third-order valence-electron chi connectivity index (χ3n) is 8.68. The Labute approximate surface area is 247 Å². The number of likely N-dealkylation sites (tertiary alicyclic amines) is 1. The molecule has 2 aliphatic heterocycles. The fourth-order valence-corrected chi connectivity index (χ4v) is 6.20. The fraction of sp³-hybridized carbons (Fsp3) is 0.586. The van der Waals surface area contributed by atoms with Crippen LogP contribution >= 0.6 is 12.4 Å². The molecule has 0 atom stereocenters. The molecule has 1 spiro atoms. The van der Waals surface area contributed by atoms with E-state index < -0.39 is 11.2 Å². The average molecular weight is 587 g/mol. The van der Waals surface area contributed by atoms with Crippen molar-refractivity contribution in [3.05, 3.63) is 52.6 Å². The Balaban J connectivity index is 0.00000387. The van der Waals surface area contributed by atoms with Crippen molar-refractivity contribution in [2.24, 2.45) is 16.9 Å². The maximum atomic E-state index is 12.7. The highest BCUT2D eigenvalue weighted by Gasteiger charge is 2.44. The number of nitrogens with two attached hydrogens (primary N) is 2. The molecular formula is C29H43ClN8O3. The zero-order valence-corrected chi connectivity index (χ0v) is 24.9. The number of aromatic nitrogens is 2. The van der Waals surface area contributed by atoms with E-state index in [0.29, 0.717) is 37.6 Å². The second-order valence-corrected chi connectivity index (χ2v) is 12.3. The first-order valence-electron chi connectivity index (χ1n) is 14.3. The summed E-state index contributed by atoms with van der Waals surface area (Å²) in [7, 11) is 0. The summed E-state index contributed by atoms with van der Waals surface area (Å²) in [6, 6.07) is 9.66. The molecule has 0 bridgehead atoms. The highest BCUT2D eigenvalue weighted by Crippen LogP contribution is 2.48. The van der Waals surface area contributed by atoms with Crippen LogP contribution in [0, 0.1) is 5.41 Å². The van der Waals surface area contributed by atoms with Crippen molar-refractivity contribution in [1.29, 1.82) is 0 Å². The third-order valence-corrected chi connectivity index (χ3v) is 8.68. The molecule has 2 aromatic rings. The van der Waals surface area contributed by atoms with Crippen LogP contribution in [0.1, 0.15) is 45.1 Å². The van der Waals surface area contributed by atoms with Crippen molar-refractivity contribution in [3.63, 3.8) is 0 Å². The lowest BCUT2D eigenvalue weighted by Gasteiger charge is -2.51. The zero-order valence-electron chi connectivity index (χ0n) is 24.1. The fourth-order valence-electron chi connectivity index (χ4n) is 6.20. The summed E-state index contributed by atoms with van der Waals surface area (Å²) in [4.78, 5) is 47.7. The number of benzene rings is 1. The molecule has 11 nitrogen and oxygen atoms in total. The summed E-state index contributed by atoms with van der Waals surface area (Å²) in [6.45, 7) is 8.26. The minimum absolute atomic E-state index is 0. The van der Waals surface area contributed by atoms with Gasteiger partial charge in [0.25, 0.3) is 0 Å². The normalized spacial score (nSPS) is 19.4. The van der Waals surface area contributed by atoms with Crippen LogP contribution in [0.4, 0.5) is 10.6 Å². The van der Waals surface area contributed by atoms with Gasteiger partial charge >= 0.3 is 11.7 Å². The summed E-state index contributed by atoms with van der Waals surface area (Å²) in [5.74, 6) is 0.0530. The minimum Gasteiger partial charge on any atom is -0.338 e. The average Bonchev–Trinajstić information content (AvgIpc) is 2.91. The summed E-state index contributed by atoms with van der Waals surface area (Å²) in [5, 5.41) is 2.70. The molecule has 1 saturated carbocycles. The van der Waals surface area contributed by atoms with Crippen LogP contribution in [0.5, 0.6) is 0 Å². The van der Waals surface area contributed by atoms with Crippen LogP contribution in [0.2, 0.25) is 0 Å². The molecule has 12 heteroatoms. The Kier molecular flexibility index (Phi) is 9.42. The van der Waals surface area contributed by atoms with Crippen LogP contribution in [-0.2, 0) is 11.2 Å². The molecule has 1 aromatic heterocycles. The molecular weight excluding hydrogens is 544 g/mol. The van der Waals surface area contributed by atoms with E-state index in [1.807, 2.05) is 12.1 Å². The van der Waals surface area contributed by atoms with Crippen molar-refractivity contribution in [2.45, 2.75) is 57.5 Å². The molecule has 1 aromatic carbocycles. The number of rotatable bonds is 6. The molecule has 41 heavy (non-hydrogen) atoms. The van der Waals surface area contributed by atoms with Crippen LogP contribution < -0.4 is 22.5 Å². The number of piperazine rings is 1. The molecule has 0 unspecified atom stereocenters. The summed E-state index contributed by atoms with van der Waals surface area (Å²) >= 11 is 0. The predicted molar refractivity (Wildman–Crippen MR) is 162 cm³/mol. The SMILES string of the molecule is CC(C)(N)C(=O)N1CCN(C(=O)Nc2ccn(-c3ccc(CCN4CCC5(CC4)CC(N)C5)cc3)c(=O)n2)CC1.Cl. The molecule has 0 radical (unpaired) electrons. The molecule has 3 amide bonds. The number of anilines is 1. The van der Waals surface area contributed by atoms with Gasteiger partial charge < -0.3 is 26.2 Å². The molecule has 1 aliphatic carbocycles. The van der Waals surface area contributed by atoms with Crippen LogP contribution in [0.3, 0.4) is 0 Å². The first-order valence-corrected chi connectivity index (χ1v) is 14.3. The number of carbonyl (C=O) groups is 2. The van der Waals surface area contributed by atoms with Gasteiger partial charge in [0, 0.05) is 45.0 Å². The molecule has 5 N–H and O–H groups in total. The highest BCUT2D eigenvalue weighted by atomic mass is 35.5. The van der Waals surface area contributed by atoms with Gasteiger partial charge in [0.2, 0.25) is 5.91 Å². The number of nitrogens with zero attached hydrogens (tertiary/aromatic N) is 5. The number of urea groups is 1. The zero-order chi connectivity index (χ0) is 28.5. The number of carbonyl (C=O) groups excluding carboxylic acids is 2. The molecule has 3 aliphatic rings. The lowest BCUT2D eigenvalue weighted by Crippen LogP contribution is -2.58. The number of hydrogen-bond acceptors (Lipinski definition) is 7. The molecule has 2 saturated heterocycles. The van der Waals surface area contributed by atoms with Gasteiger partial charge in [-0.15, -0.1) is 12.4 Å². The van der Waals surface area contributed by atoms with E-state index in [-0.39, 0.29) is 30.2 Å². The molecule has 224 valence electrons. The Bertz CT molecular complexity index is 1270. The second-order valence-electron chi connectivity index (χ2n) is 12.3. The molecule has 3 fully saturated rings. The smallest absolute Gasteiger partial charge is 0.338 e. The predicted octanol–water partition coefficient (Wildman–Crippen LogP) is 1.81. The van der Waals surface area contributed by atoms with E-state index in [2.05, 4.69) is 27.3 Å². The number of piperidine rings is 1. The molecule has 5 rings (SSSR count). The second kappa shape index (κ2) is 12.5. The van der Waals surface area contributed by atoms with Gasteiger partial charge in [-0.2, -0.15) is 4.98 Å². The Morgan fingerprint density at radius 1 is 1.00 bits per heavy atom. The first kappa shape index (κ1) is 31.0. The maximum absolute atomic E-state index is 12.7. The Morgan fingerprint density at radius 2 is 1.61 bits per heavy atom. The van der Waals surface area contributed by atoms with E-state index >= 15 is 0 Å². The van der Waals surface area contributed by atoms with E-state index in [0.717, 1.165) is 31.7 Å². The topological polar surface area (TPSA) is 143 Å². The first-order chi connectivity index (χ1) is 19.0. The van der Waals surface area contributed by atoms with Crippen molar-refractivity contribution in [1.82, 2.24) is 24.3 Å². The minimum atomic E-state index is -0.944. The van der Waals surface area contributed by atoms with Gasteiger partial charge in [0.15, 0.2) is 0 Å². The van der Waals surface area contributed by atoms with Gasteiger partial charge in [0.1, 0.15) is 5.82 Å². The van der Waals surface area contributed by atoms with Crippen molar-refractivity contribution in [2.75, 3.05) is 51.1 Å². The third kappa shape index (κ3) is 7.27. The van der Waals surface area contributed by atoms with Crippen LogP contribution in [0.15, 0.2) is 41.3 Å². The quantitative estimate of drug-likeness (QED) is 0.468. The lowest BCUT2D eigenvalue weighted by molar-refractivity contribution is -0.137. The van der Waals surface area contributed by atoms with E-state index in [1.165, 1.54) is 35.8 Å².